The predicted octanol–water partition coefficient (Wildman–Crippen LogP) is 2.20. The van der Waals surface area contributed by atoms with Crippen molar-refractivity contribution in [3.8, 4) is 0 Å². The zero-order chi connectivity index (χ0) is 13.0. The maximum atomic E-state index is 12.1. The van der Waals surface area contributed by atoms with E-state index >= 15 is 0 Å². The highest BCUT2D eigenvalue weighted by molar-refractivity contribution is 5.88. The van der Waals surface area contributed by atoms with Gasteiger partial charge in [-0.15, -0.1) is 0 Å². The summed E-state index contributed by atoms with van der Waals surface area (Å²) in [6.07, 6.45) is 6.64. The van der Waals surface area contributed by atoms with Crippen molar-refractivity contribution in [3.63, 3.8) is 0 Å². The monoisotopic (exact) mass is 253 g/mol. The lowest BCUT2D eigenvalue weighted by molar-refractivity contribution is 0.182. The minimum Gasteiger partial charge on any atom is -0.411 e. The lowest BCUT2D eigenvalue weighted by Gasteiger charge is -2.33. The summed E-state index contributed by atoms with van der Waals surface area (Å²) in [5.74, 6) is 0.154. The van der Waals surface area contributed by atoms with Gasteiger partial charge < -0.3 is 15.4 Å². The van der Waals surface area contributed by atoms with Gasteiger partial charge in [-0.1, -0.05) is 31.3 Å². The van der Waals surface area contributed by atoms with Gasteiger partial charge in [0.25, 0.3) is 0 Å². The molecule has 1 saturated heterocycles. The number of carbonyl (C=O) groups excluding carboxylic acids is 1. The first-order chi connectivity index (χ1) is 8.70. The van der Waals surface area contributed by atoms with Crippen molar-refractivity contribution in [3.05, 3.63) is 0 Å². The van der Waals surface area contributed by atoms with E-state index in [0.717, 1.165) is 18.6 Å². The first kappa shape index (κ1) is 13.2. The molecule has 2 N–H and O–H groups in total. The zero-order valence-electron chi connectivity index (χ0n) is 11.1. The Labute approximate surface area is 108 Å². The summed E-state index contributed by atoms with van der Waals surface area (Å²) in [7, 11) is 0. The molecule has 1 unspecified atom stereocenters. The van der Waals surface area contributed by atoms with Crippen LogP contribution in [0, 0.1) is 5.92 Å². The van der Waals surface area contributed by atoms with Crippen molar-refractivity contribution >= 4 is 11.7 Å². The Bertz CT molecular complexity index is 324. The molecular weight excluding hydrogens is 230 g/mol. The predicted molar refractivity (Wildman–Crippen MR) is 70.0 cm³/mol. The van der Waals surface area contributed by atoms with Crippen LogP contribution >= 0.6 is 0 Å². The molecule has 0 radical (unpaired) electrons. The van der Waals surface area contributed by atoms with Crippen molar-refractivity contribution in [1.82, 2.24) is 10.2 Å². The number of hydrogen-bond acceptors (Lipinski definition) is 3. The number of hydrogen-bond donors (Lipinski definition) is 2. The Morgan fingerprint density at radius 3 is 2.72 bits per heavy atom. The van der Waals surface area contributed by atoms with Crippen molar-refractivity contribution in [2.75, 3.05) is 13.1 Å². The van der Waals surface area contributed by atoms with Gasteiger partial charge in [-0.25, -0.2) is 4.79 Å². The third kappa shape index (κ3) is 3.15. The van der Waals surface area contributed by atoms with E-state index in [0.29, 0.717) is 25.6 Å². The van der Waals surface area contributed by atoms with E-state index in [1.807, 2.05) is 11.8 Å². The highest BCUT2D eigenvalue weighted by Crippen LogP contribution is 2.19. The molecule has 1 heterocycles. The second-order valence-electron chi connectivity index (χ2n) is 5.47. The second kappa shape index (κ2) is 6.07. The van der Waals surface area contributed by atoms with Crippen molar-refractivity contribution < 1.29 is 10.0 Å². The molecule has 2 aliphatic rings. The third-order valence-electron chi connectivity index (χ3n) is 4.05. The van der Waals surface area contributed by atoms with E-state index in [2.05, 4.69) is 10.5 Å². The molecule has 1 saturated carbocycles. The Kier molecular flexibility index (Phi) is 4.44. The van der Waals surface area contributed by atoms with Crippen LogP contribution in [0.5, 0.6) is 0 Å². The van der Waals surface area contributed by atoms with Crippen LogP contribution in [0.2, 0.25) is 0 Å². The maximum absolute atomic E-state index is 12.1. The molecule has 2 rings (SSSR count). The van der Waals surface area contributed by atoms with Gasteiger partial charge in [0.1, 0.15) is 0 Å². The van der Waals surface area contributed by atoms with Gasteiger partial charge in [0.2, 0.25) is 0 Å². The van der Waals surface area contributed by atoms with E-state index in [9.17, 15) is 4.79 Å². The number of rotatable bonds is 1. The number of oxime groups is 1. The largest absolute Gasteiger partial charge is 0.411 e. The summed E-state index contributed by atoms with van der Waals surface area (Å²) in [6.45, 7) is 3.30. The van der Waals surface area contributed by atoms with Crippen molar-refractivity contribution in [2.24, 2.45) is 11.1 Å². The summed E-state index contributed by atoms with van der Waals surface area (Å²) in [4.78, 5) is 14.0. The van der Waals surface area contributed by atoms with E-state index in [-0.39, 0.29) is 11.9 Å². The van der Waals surface area contributed by atoms with Crippen LogP contribution in [0.3, 0.4) is 0 Å². The SMILES string of the molecule is CC1CN(C(=O)NC2CCCCC2)CCC1=NO. The number of carbonyl (C=O) groups is 1. The Hall–Kier alpha value is -1.26. The quantitative estimate of drug-likeness (QED) is 0.556. The van der Waals surface area contributed by atoms with Crippen LogP contribution in [0.25, 0.3) is 0 Å². The van der Waals surface area contributed by atoms with E-state index in [1.54, 1.807) is 0 Å². The Morgan fingerprint density at radius 1 is 1.39 bits per heavy atom. The minimum atomic E-state index is 0.0470. The summed E-state index contributed by atoms with van der Waals surface area (Å²) >= 11 is 0. The smallest absolute Gasteiger partial charge is 0.317 e. The number of piperidine rings is 1. The molecule has 2 amide bonds. The molecule has 5 heteroatoms. The molecule has 0 spiro atoms. The van der Waals surface area contributed by atoms with Gasteiger partial charge in [0.15, 0.2) is 0 Å². The molecule has 0 aromatic carbocycles. The molecule has 0 aromatic rings. The maximum Gasteiger partial charge on any atom is 0.317 e. The summed E-state index contributed by atoms with van der Waals surface area (Å²) in [6, 6.07) is 0.403. The van der Waals surface area contributed by atoms with Gasteiger partial charge in [0.05, 0.1) is 5.71 Å². The molecular formula is C13H23N3O2. The van der Waals surface area contributed by atoms with E-state index in [4.69, 9.17) is 5.21 Å². The molecule has 1 aliphatic carbocycles. The standard InChI is InChI=1S/C13H23N3O2/c1-10-9-16(8-7-12(10)15-18)13(17)14-11-5-3-2-4-6-11/h10-11,18H,2-9H2,1H3,(H,14,17). The molecule has 1 atom stereocenters. The fourth-order valence-corrected chi connectivity index (χ4v) is 2.87. The van der Waals surface area contributed by atoms with Crippen LogP contribution in [-0.2, 0) is 0 Å². The zero-order valence-corrected chi connectivity index (χ0v) is 11.1. The van der Waals surface area contributed by atoms with Gasteiger partial charge in [-0.3, -0.25) is 0 Å². The Morgan fingerprint density at radius 2 is 2.11 bits per heavy atom. The van der Waals surface area contributed by atoms with Crippen LogP contribution in [0.4, 0.5) is 4.79 Å². The molecule has 5 nitrogen and oxygen atoms in total. The third-order valence-corrected chi connectivity index (χ3v) is 4.05. The van der Waals surface area contributed by atoms with Crippen LogP contribution in [0.15, 0.2) is 5.16 Å². The van der Waals surface area contributed by atoms with Crippen molar-refractivity contribution in [2.45, 2.75) is 51.5 Å². The topological polar surface area (TPSA) is 64.9 Å². The highest BCUT2D eigenvalue weighted by Gasteiger charge is 2.27. The van der Waals surface area contributed by atoms with E-state index in [1.165, 1.54) is 19.3 Å². The van der Waals surface area contributed by atoms with Crippen LogP contribution in [0.1, 0.15) is 45.4 Å². The summed E-state index contributed by atoms with van der Waals surface area (Å²) < 4.78 is 0. The normalized spacial score (nSPS) is 28.4. The molecule has 1 aliphatic heterocycles. The lowest BCUT2D eigenvalue weighted by atomic mass is 9.95. The number of nitrogens with zero attached hydrogens (tertiary/aromatic N) is 2. The minimum absolute atomic E-state index is 0.0470. The first-order valence-corrected chi connectivity index (χ1v) is 6.97. The molecule has 0 bridgehead atoms. The van der Waals surface area contributed by atoms with Crippen LogP contribution < -0.4 is 5.32 Å². The lowest BCUT2D eigenvalue weighted by Crippen LogP contribution is -2.50. The average molecular weight is 253 g/mol. The van der Waals surface area contributed by atoms with Gasteiger partial charge in [-0.05, 0) is 12.8 Å². The molecule has 102 valence electrons. The number of urea groups is 1. The van der Waals surface area contributed by atoms with Gasteiger partial charge in [0, 0.05) is 31.5 Å². The van der Waals surface area contributed by atoms with Crippen molar-refractivity contribution in [1.29, 1.82) is 0 Å². The number of amides is 2. The average Bonchev–Trinajstić information content (AvgIpc) is 2.39. The Balaban J connectivity index is 1.82. The van der Waals surface area contributed by atoms with E-state index < -0.39 is 0 Å². The summed E-state index contributed by atoms with van der Waals surface area (Å²) in [5, 5.41) is 15.2. The van der Waals surface area contributed by atoms with Gasteiger partial charge >= 0.3 is 6.03 Å². The van der Waals surface area contributed by atoms with Gasteiger partial charge in [-0.2, -0.15) is 0 Å². The molecule has 2 fully saturated rings. The first-order valence-electron chi connectivity index (χ1n) is 6.97. The molecule has 18 heavy (non-hydrogen) atoms. The molecule has 0 aromatic heterocycles. The summed E-state index contributed by atoms with van der Waals surface area (Å²) in [5.41, 5.74) is 0.803. The number of likely N-dealkylation sites (tertiary alicyclic amines) is 1. The number of nitrogens with one attached hydrogen (secondary N) is 1. The highest BCUT2D eigenvalue weighted by atomic mass is 16.4. The van der Waals surface area contributed by atoms with Crippen LogP contribution in [-0.4, -0.2) is 41.0 Å². The fourth-order valence-electron chi connectivity index (χ4n) is 2.87. The fraction of sp³-hybridized carbons (Fsp3) is 0.846. The second-order valence-corrected chi connectivity index (χ2v) is 5.47.